The van der Waals surface area contributed by atoms with Crippen LogP contribution < -0.4 is 10.6 Å². The third-order valence-corrected chi connectivity index (χ3v) is 5.19. The molecule has 0 unspecified atom stereocenters. The van der Waals surface area contributed by atoms with Crippen molar-refractivity contribution >= 4 is 38.9 Å². The number of sulfone groups is 1. The first kappa shape index (κ1) is 20.9. The Bertz CT molecular complexity index is 958. The van der Waals surface area contributed by atoms with Crippen molar-refractivity contribution in [3.63, 3.8) is 0 Å². The Kier molecular flexibility index (Phi) is 6.98. The zero-order valence-electron chi connectivity index (χ0n) is 15.1. The highest BCUT2D eigenvalue weighted by Crippen LogP contribution is 2.21. The number of carbonyl (C=O) groups excluding carboxylic acids is 2. The first-order chi connectivity index (χ1) is 12.7. The van der Waals surface area contributed by atoms with Gasteiger partial charge in [0, 0.05) is 24.9 Å². The van der Waals surface area contributed by atoms with Crippen molar-refractivity contribution < 1.29 is 18.0 Å². The van der Waals surface area contributed by atoms with Gasteiger partial charge in [0.15, 0.2) is 9.84 Å². The molecule has 0 aliphatic heterocycles. The Hall–Kier alpha value is -2.38. The second-order valence-corrected chi connectivity index (χ2v) is 8.52. The molecule has 0 heterocycles. The zero-order valence-corrected chi connectivity index (χ0v) is 16.7. The normalized spacial score (nSPS) is 11.1. The van der Waals surface area contributed by atoms with Gasteiger partial charge in [-0.15, -0.1) is 0 Å². The largest absolute Gasteiger partial charge is 0.348 e. The lowest BCUT2D eigenvalue weighted by atomic mass is 10.1. The van der Waals surface area contributed by atoms with Gasteiger partial charge in [0.05, 0.1) is 15.5 Å². The monoisotopic (exact) mass is 408 g/mol. The summed E-state index contributed by atoms with van der Waals surface area (Å²) in [5.41, 5.74) is 1.53. The van der Waals surface area contributed by atoms with Gasteiger partial charge in [0.1, 0.15) is 0 Å². The van der Waals surface area contributed by atoms with Crippen molar-refractivity contribution in [2.45, 2.75) is 31.2 Å². The summed E-state index contributed by atoms with van der Waals surface area (Å²) >= 11 is 6.03. The van der Waals surface area contributed by atoms with E-state index in [-0.39, 0.29) is 27.9 Å². The fourth-order valence-electron chi connectivity index (χ4n) is 2.40. The number of halogens is 1. The highest BCUT2D eigenvalue weighted by Gasteiger charge is 2.15. The molecule has 8 heteroatoms. The van der Waals surface area contributed by atoms with Crippen LogP contribution in [0.25, 0.3) is 0 Å². The summed E-state index contributed by atoms with van der Waals surface area (Å²) in [6.07, 6.45) is 2.27. The van der Waals surface area contributed by atoms with E-state index in [0.29, 0.717) is 12.1 Å². The molecule has 2 amide bonds. The number of nitrogens with one attached hydrogen (secondary N) is 2. The maximum Gasteiger partial charge on any atom is 0.253 e. The van der Waals surface area contributed by atoms with Crippen LogP contribution in [-0.4, -0.2) is 26.5 Å². The third kappa shape index (κ3) is 6.08. The van der Waals surface area contributed by atoms with Crippen molar-refractivity contribution in [1.29, 1.82) is 0 Å². The lowest BCUT2D eigenvalue weighted by Gasteiger charge is -2.10. The van der Waals surface area contributed by atoms with Crippen molar-refractivity contribution in [2.24, 2.45) is 0 Å². The first-order valence-corrected chi connectivity index (χ1v) is 10.6. The van der Waals surface area contributed by atoms with Gasteiger partial charge < -0.3 is 10.6 Å². The molecule has 2 aromatic rings. The predicted molar refractivity (Wildman–Crippen MR) is 106 cm³/mol. The number of rotatable bonds is 7. The molecule has 0 bridgehead atoms. The molecule has 0 fully saturated rings. The third-order valence-electron chi connectivity index (χ3n) is 3.75. The van der Waals surface area contributed by atoms with Crippen LogP contribution in [0.2, 0.25) is 5.02 Å². The van der Waals surface area contributed by atoms with Gasteiger partial charge in [-0.05, 0) is 42.3 Å². The number of hydrogen-bond acceptors (Lipinski definition) is 4. The summed E-state index contributed by atoms with van der Waals surface area (Å²) in [4.78, 5) is 24.1. The fourth-order valence-corrected chi connectivity index (χ4v) is 3.25. The van der Waals surface area contributed by atoms with Crippen molar-refractivity contribution in [1.82, 2.24) is 5.32 Å². The average Bonchev–Trinajstić information content (AvgIpc) is 2.59. The topological polar surface area (TPSA) is 92.3 Å². The molecule has 144 valence electrons. The minimum atomic E-state index is -3.44. The van der Waals surface area contributed by atoms with Crippen LogP contribution in [0.4, 0.5) is 5.69 Å². The molecule has 0 aliphatic rings. The van der Waals surface area contributed by atoms with E-state index in [2.05, 4.69) is 10.6 Å². The Morgan fingerprint density at radius 1 is 1.11 bits per heavy atom. The van der Waals surface area contributed by atoms with Crippen LogP contribution in [0.3, 0.4) is 0 Å². The molecule has 6 nitrogen and oxygen atoms in total. The van der Waals surface area contributed by atoms with Gasteiger partial charge in [-0.2, -0.15) is 0 Å². The SMILES string of the molecule is CCCC(=O)Nc1cccc(CNC(=O)c2cc(S(C)(=O)=O)ccc2Cl)c1. The molecule has 0 aliphatic carbocycles. The summed E-state index contributed by atoms with van der Waals surface area (Å²) in [5, 5.41) is 5.67. The van der Waals surface area contributed by atoms with Crippen LogP contribution in [-0.2, 0) is 21.2 Å². The molecule has 0 spiro atoms. The molecule has 0 radical (unpaired) electrons. The number of benzene rings is 2. The van der Waals surface area contributed by atoms with Crippen LogP contribution in [0.15, 0.2) is 47.4 Å². The second-order valence-electron chi connectivity index (χ2n) is 6.10. The van der Waals surface area contributed by atoms with E-state index in [1.54, 1.807) is 18.2 Å². The van der Waals surface area contributed by atoms with Crippen LogP contribution in [0.1, 0.15) is 35.7 Å². The zero-order chi connectivity index (χ0) is 20.0. The van der Waals surface area contributed by atoms with Crippen LogP contribution in [0, 0.1) is 0 Å². The molecule has 2 N–H and O–H groups in total. The van der Waals surface area contributed by atoms with E-state index in [4.69, 9.17) is 11.6 Å². The summed E-state index contributed by atoms with van der Waals surface area (Å²) in [7, 11) is -3.44. The number of amides is 2. The Morgan fingerprint density at radius 2 is 1.85 bits per heavy atom. The maximum absolute atomic E-state index is 12.4. The van der Waals surface area contributed by atoms with Gasteiger partial charge >= 0.3 is 0 Å². The molecule has 2 rings (SSSR count). The highest BCUT2D eigenvalue weighted by atomic mass is 35.5. The van der Waals surface area contributed by atoms with Gasteiger partial charge in [0.2, 0.25) is 5.91 Å². The van der Waals surface area contributed by atoms with Crippen molar-refractivity contribution in [3.8, 4) is 0 Å². The predicted octanol–water partition coefficient (Wildman–Crippen LogP) is 3.41. The number of anilines is 1. The summed E-state index contributed by atoms with van der Waals surface area (Å²) < 4.78 is 23.3. The Balaban J connectivity index is 2.09. The van der Waals surface area contributed by atoms with E-state index in [1.165, 1.54) is 18.2 Å². The smallest absolute Gasteiger partial charge is 0.253 e. The summed E-state index contributed by atoms with van der Waals surface area (Å²) in [5.74, 6) is -0.547. The highest BCUT2D eigenvalue weighted by molar-refractivity contribution is 7.90. The summed E-state index contributed by atoms with van der Waals surface area (Å²) in [6, 6.07) is 11.1. The standard InChI is InChI=1S/C19H21ClN2O4S/c1-3-5-18(23)22-14-7-4-6-13(10-14)12-21-19(24)16-11-15(27(2,25)26)8-9-17(16)20/h4,6-11H,3,5,12H2,1-2H3,(H,21,24)(H,22,23). The lowest BCUT2D eigenvalue weighted by molar-refractivity contribution is -0.116. The fraction of sp³-hybridized carbons (Fsp3) is 0.263. The lowest BCUT2D eigenvalue weighted by Crippen LogP contribution is -2.23. The first-order valence-electron chi connectivity index (χ1n) is 8.37. The molecule has 0 saturated heterocycles. The minimum absolute atomic E-state index is 0.0256. The van der Waals surface area contributed by atoms with Crippen LogP contribution in [0.5, 0.6) is 0 Å². The maximum atomic E-state index is 12.4. The van der Waals surface area contributed by atoms with Crippen molar-refractivity contribution in [2.75, 3.05) is 11.6 Å². The molecule has 0 saturated carbocycles. The van der Waals surface area contributed by atoms with Gasteiger partial charge in [-0.25, -0.2) is 8.42 Å². The molecule has 27 heavy (non-hydrogen) atoms. The Labute approximate surface area is 163 Å². The van der Waals surface area contributed by atoms with Crippen LogP contribution >= 0.6 is 11.6 Å². The van der Waals surface area contributed by atoms with Gasteiger partial charge in [-0.1, -0.05) is 30.7 Å². The molecule has 0 aromatic heterocycles. The van der Waals surface area contributed by atoms with E-state index in [0.717, 1.165) is 18.2 Å². The van der Waals surface area contributed by atoms with E-state index >= 15 is 0 Å². The van der Waals surface area contributed by atoms with Crippen molar-refractivity contribution in [3.05, 3.63) is 58.6 Å². The Morgan fingerprint density at radius 3 is 2.52 bits per heavy atom. The van der Waals surface area contributed by atoms with E-state index in [9.17, 15) is 18.0 Å². The molecular weight excluding hydrogens is 388 g/mol. The quantitative estimate of drug-likeness (QED) is 0.734. The van der Waals surface area contributed by atoms with E-state index in [1.807, 2.05) is 13.0 Å². The number of hydrogen-bond donors (Lipinski definition) is 2. The second kappa shape index (κ2) is 9.01. The molecule has 0 atom stereocenters. The summed E-state index contributed by atoms with van der Waals surface area (Å²) in [6.45, 7) is 2.13. The molecule has 2 aromatic carbocycles. The van der Waals surface area contributed by atoms with Gasteiger partial charge in [0.25, 0.3) is 5.91 Å². The van der Waals surface area contributed by atoms with E-state index < -0.39 is 15.7 Å². The van der Waals surface area contributed by atoms with Gasteiger partial charge in [-0.3, -0.25) is 9.59 Å². The number of carbonyl (C=O) groups is 2. The average molecular weight is 409 g/mol. The molecular formula is C19H21ClN2O4S. The minimum Gasteiger partial charge on any atom is -0.348 e.